The third-order valence-electron chi connectivity index (χ3n) is 10.8. The largest absolute Gasteiger partial charge is 0.379 e. The Balaban J connectivity index is 0.826. The quantitative estimate of drug-likeness (QED) is 0.103. The molecule has 0 bridgehead atoms. The van der Waals surface area contributed by atoms with Gasteiger partial charge in [0.15, 0.2) is 0 Å². The Bertz CT molecular complexity index is 1610. The highest BCUT2D eigenvalue weighted by Crippen LogP contribution is 2.52. The van der Waals surface area contributed by atoms with Crippen molar-refractivity contribution in [2.45, 2.75) is 58.4 Å². The molecule has 1 saturated carbocycles. The van der Waals surface area contributed by atoms with Crippen molar-refractivity contribution in [2.75, 3.05) is 117 Å². The van der Waals surface area contributed by atoms with Crippen LogP contribution in [-0.4, -0.2) is 135 Å². The lowest BCUT2D eigenvalue weighted by Crippen LogP contribution is -2.52. The summed E-state index contributed by atoms with van der Waals surface area (Å²) in [4.78, 5) is 43.1. The Labute approximate surface area is 344 Å². The van der Waals surface area contributed by atoms with Crippen molar-refractivity contribution in [1.82, 2.24) is 10.2 Å². The minimum atomic E-state index is -0.0495. The first kappa shape index (κ1) is 45.2. The molecule has 1 aliphatic carbocycles. The molecule has 0 unspecified atom stereocenters. The fraction of sp³-hybridized carbons (Fsp3) is 0.622. The summed E-state index contributed by atoms with van der Waals surface area (Å²) in [5.41, 5.74) is 3.65. The Morgan fingerprint density at radius 3 is 1.72 bits per heavy atom. The van der Waals surface area contributed by atoms with Crippen LogP contribution in [0, 0.1) is 23.2 Å². The van der Waals surface area contributed by atoms with E-state index >= 15 is 0 Å². The van der Waals surface area contributed by atoms with Crippen molar-refractivity contribution in [3.8, 4) is 11.8 Å². The molecule has 2 aromatic carbocycles. The number of nitrogens with zero attached hydrogens (tertiary/aromatic N) is 2. The number of hydrogen-bond acceptors (Lipinski definition) is 10. The summed E-state index contributed by atoms with van der Waals surface area (Å²) in [7, 11) is 0. The van der Waals surface area contributed by atoms with Crippen LogP contribution in [0.25, 0.3) is 0 Å². The van der Waals surface area contributed by atoms with E-state index in [1.54, 1.807) is 4.90 Å². The molecule has 2 aromatic rings. The van der Waals surface area contributed by atoms with E-state index in [0.717, 1.165) is 61.1 Å². The van der Waals surface area contributed by atoms with Gasteiger partial charge in [-0.3, -0.25) is 14.4 Å². The number of anilines is 1. The molecule has 0 aromatic heterocycles. The molecule has 3 aliphatic rings. The normalized spacial score (nSPS) is 15.7. The maximum Gasteiger partial charge on any atom is 0.229 e. The van der Waals surface area contributed by atoms with Crippen molar-refractivity contribution in [3.63, 3.8) is 0 Å². The molecule has 13 nitrogen and oxygen atoms in total. The molecule has 0 radical (unpaired) electrons. The van der Waals surface area contributed by atoms with E-state index in [4.69, 9.17) is 33.2 Å². The first-order valence-corrected chi connectivity index (χ1v) is 21.1. The van der Waals surface area contributed by atoms with Gasteiger partial charge in [0.25, 0.3) is 0 Å². The number of carbonyl (C=O) groups is 3. The molecule has 318 valence electrons. The summed E-state index contributed by atoms with van der Waals surface area (Å²) in [6.07, 6.45) is 5.03. The highest BCUT2D eigenvalue weighted by atomic mass is 16.6. The monoisotopic (exact) mass is 805 g/mol. The SMILES string of the molecule is CCCOCCOCCOCCOCCOCCOCCOCCC(=O)N1CCC2(CC1)CC(C(=O)NCCC(=O)N1Cc3ccccc3C#Cc3ccccc31)C2. The van der Waals surface area contributed by atoms with Gasteiger partial charge in [0.2, 0.25) is 17.7 Å². The topological polar surface area (TPSA) is 134 Å². The lowest BCUT2D eigenvalue weighted by atomic mass is 9.57. The minimum absolute atomic E-state index is 0.0136. The number of nitrogens with one attached hydrogen (secondary N) is 1. The Hall–Kier alpha value is -3.87. The summed E-state index contributed by atoms with van der Waals surface area (Å²) in [5.74, 6) is 6.49. The van der Waals surface area contributed by atoms with Gasteiger partial charge in [-0.15, -0.1) is 0 Å². The lowest BCUT2D eigenvalue weighted by Gasteiger charge is -2.51. The average Bonchev–Trinajstić information content (AvgIpc) is 3.22. The van der Waals surface area contributed by atoms with Crippen LogP contribution in [0.1, 0.15) is 68.6 Å². The molecule has 3 amide bonds. The number of benzene rings is 2. The van der Waals surface area contributed by atoms with Gasteiger partial charge in [-0.1, -0.05) is 49.1 Å². The maximum absolute atomic E-state index is 13.5. The molecule has 13 heteroatoms. The summed E-state index contributed by atoms with van der Waals surface area (Å²) in [6, 6.07) is 15.6. The molecule has 0 atom stereocenters. The second-order valence-electron chi connectivity index (χ2n) is 15.0. The zero-order chi connectivity index (χ0) is 40.7. The second-order valence-corrected chi connectivity index (χ2v) is 15.0. The van der Waals surface area contributed by atoms with E-state index in [1.165, 1.54) is 0 Å². The fourth-order valence-electron chi connectivity index (χ4n) is 7.47. The molecule has 2 heterocycles. The number of carbonyl (C=O) groups excluding carboxylic acids is 3. The highest BCUT2D eigenvalue weighted by molar-refractivity contribution is 5.95. The van der Waals surface area contributed by atoms with Crippen molar-refractivity contribution in [2.24, 2.45) is 11.3 Å². The lowest BCUT2D eigenvalue weighted by molar-refractivity contribution is -0.142. The second kappa shape index (κ2) is 25.6. The van der Waals surface area contributed by atoms with E-state index in [9.17, 15) is 14.4 Å². The van der Waals surface area contributed by atoms with Crippen LogP contribution in [0.4, 0.5) is 5.69 Å². The summed E-state index contributed by atoms with van der Waals surface area (Å²) >= 11 is 0. The minimum Gasteiger partial charge on any atom is -0.379 e. The molecule has 1 N–H and O–H groups in total. The Morgan fingerprint density at radius 1 is 0.638 bits per heavy atom. The summed E-state index contributed by atoms with van der Waals surface area (Å²) in [6.45, 7) is 11.4. The predicted octanol–water partition coefficient (Wildman–Crippen LogP) is 4.37. The van der Waals surface area contributed by atoms with Gasteiger partial charge in [0, 0.05) is 49.7 Å². The van der Waals surface area contributed by atoms with Crippen LogP contribution in [-0.2, 0) is 54.1 Å². The van der Waals surface area contributed by atoms with Gasteiger partial charge in [0.05, 0.1) is 105 Å². The van der Waals surface area contributed by atoms with Gasteiger partial charge in [0.1, 0.15) is 0 Å². The van der Waals surface area contributed by atoms with E-state index in [-0.39, 0.29) is 35.5 Å². The number of piperidine rings is 1. The predicted molar refractivity (Wildman–Crippen MR) is 219 cm³/mol. The third kappa shape index (κ3) is 15.1. The van der Waals surface area contributed by atoms with Crippen LogP contribution in [0.2, 0.25) is 0 Å². The number of amides is 3. The number of para-hydroxylation sites is 1. The first-order chi connectivity index (χ1) is 28.5. The van der Waals surface area contributed by atoms with Crippen molar-refractivity contribution >= 4 is 23.4 Å². The molecule has 1 saturated heterocycles. The van der Waals surface area contributed by atoms with E-state index in [0.29, 0.717) is 118 Å². The van der Waals surface area contributed by atoms with Crippen molar-refractivity contribution in [1.29, 1.82) is 0 Å². The summed E-state index contributed by atoms with van der Waals surface area (Å²) in [5, 5.41) is 3.02. The smallest absolute Gasteiger partial charge is 0.229 e. The van der Waals surface area contributed by atoms with Gasteiger partial charge in [-0.25, -0.2) is 0 Å². The molecular weight excluding hydrogens is 743 g/mol. The molecule has 58 heavy (non-hydrogen) atoms. The molecule has 5 rings (SSSR count). The van der Waals surface area contributed by atoms with Crippen molar-refractivity contribution < 1.29 is 47.5 Å². The van der Waals surface area contributed by atoms with Gasteiger partial charge >= 0.3 is 0 Å². The number of hydrogen-bond donors (Lipinski definition) is 1. The Kier molecular flexibility index (Phi) is 19.9. The first-order valence-electron chi connectivity index (χ1n) is 21.1. The van der Waals surface area contributed by atoms with Crippen LogP contribution < -0.4 is 10.2 Å². The van der Waals surface area contributed by atoms with Crippen molar-refractivity contribution in [3.05, 3.63) is 65.2 Å². The highest BCUT2D eigenvalue weighted by Gasteiger charge is 2.48. The Morgan fingerprint density at radius 2 is 1.14 bits per heavy atom. The van der Waals surface area contributed by atoms with Crippen LogP contribution >= 0.6 is 0 Å². The third-order valence-corrected chi connectivity index (χ3v) is 10.8. The number of rotatable bonds is 27. The summed E-state index contributed by atoms with van der Waals surface area (Å²) < 4.78 is 38.4. The van der Waals surface area contributed by atoms with Crippen LogP contribution in [0.3, 0.4) is 0 Å². The molecular formula is C45H63N3O10. The van der Waals surface area contributed by atoms with Gasteiger partial charge < -0.3 is 48.3 Å². The van der Waals surface area contributed by atoms with Gasteiger partial charge in [-0.05, 0) is 61.3 Å². The van der Waals surface area contributed by atoms with E-state index < -0.39 is 0 Å². The maximum atomic E-state index is 13.5. The molecule has 2 aliphatic heterocycles. The molecule has 1 spiro atoms. The number of ether oxygens (including phenoxy) is 7. The van der Waals surface area contributed by atoms with Gasteiger partial charge in [-0.2, -0.15) is 0 Å². The zero-order valence-corrected chi connectivity index (χ0v) is 34.4. The number of fused-ring (bicyclic) bond motifs is 2. The van der Waals surface area contributed by atoms with Crippen LogP contribution in [0.5, 0.6) is 0 Å². The van der Waals surface area contributed by atoms with E-state index in [1.807, 2.05) is 53.4 Å². The molecule has 2 fully saturated rings. The fourth-order valence-corrected chi connectivity index (χ4v) is 7.47. The zero-order valence-electron chi connectivity index (χ0n) is 34.4. The standard InChI is InChI=1S/C45H63N3O10/c1-2-20-52-22-24-54-26-28-56-30-32-58-33-31-57-29-27-55-25-23-53-21-14-42(49)47-18-15-45(16-19-47)34-40(35-45)44(51)46-17-13-43(50)48-36-39-9-4-3-7-37(39)11-12-38-8-5-6-10-41(38)48/h3-10,40H,2,13-36H2,1H3,(H,46,51). The number of likely N-dealkylation sites (tertiary alicyclic amines) is 1. The van der Waals surface area contributed by atoms with E-state index in [2.05, 4.69) is 24.1 Å². The average molecular weight is 806 g/mol. The van der Waals surface area contributed by atoms with Crippen LogP contribution in [0.15, 0.2) is 48.5 Å².